The molecule has 0 bridgehead atoms. The van der Waals surface area contributed by atoms with E-state index in [1.54, 1.807) is 0 Å². The van der Waals surface area contributed by atoms with E-state index >= 15 is 0 Å². The quantitative estimate of drug-likeness (QED) is 0.492. The van der Waals surface area contributed by atoms with Gasteiger partial charge in [-0.1, -0.05) is 0 Å². The zero-order valence-electron chi connectivity index (χ0n) is 5.37. The number of fused-ring (bicyclic) bond motifs is 1. The lowest BCUT2D eigenvalue weighted by atomic mass is 10.7. The highest BCUT2D eigenvalue weighted by Gasteiger charge is 1.95. The van der Waals surface area contributed by atoms with E-state index in [1.807, 2.05) is 0 Å². The highest BCUT2D eigenvalue weighted by molar-refractivity contribution is 5.22. The summed E-state index contributed by atoms with van der Waals surface area (Å²) in [6.45, 7) is 0. The van der Waals surface area contributed by atoms with Crippen LogP contribution in [0.25, 0.3) is 5.78 Å². The Hall–Kier alpha value is -1.85. The van der Waals surface area contributed by atoms with Crippen molar-refractivity contribution in [2.75, 3.05) is 0 Å². The molecule has 0 spiro atoms. The van der Waals surface area contributed by atoms with Crippen LogP contribution in [0.4, 0.5) is 0 Å². The van der Waals surface area contributed by atoms with E-state index in [9.17, 15) is 9.59 Å². The lowest BCUT2D eigenvalue weighted by Crippen LogP contribution is -2.06. The van der Waals surface area contributed by atoms with Crippen LogP contribution in [-0.4, -0.2) is 19.6 Å². The second-order valence-corrected chi connectivity index (χ2v) is 2.03. The van der Waals surface area contributed by atoms with Crippen molar-refractivity contribution in [2.45, 2.75) is 0 Å². The number of aromatic nitrogens is 4. The first-order valence-electron chi connectivity index (χ1n) is 2.93. The molecule has 2 rings (SSSR count). The maximum absolute atomic E-state index is 10.7. The summed E-state index contributed by atoms with van der Waals surface area (Å²) in [6, 6.07) is 1.30. The molecule has 0 aliphatic heterocycles. The van der Waals surface area contributed by atoms with Gasteiger partial charge in [0.05, 0.1) is 0 Å². The van der Waals surface area contributed by atoms with E-state index < -0.39 is 5.69 Å². The van der Waals surface area contributed by atoms with Crippen LogP contribution in [0, 0.1) is 0 Å². The maximum atomic E-state index is 10.7. The maximum Gasteiger partial charge on any atom is 0.363 e. The van der Waals surface area contributed by atoms with Gasteiger partial charge in [0, 0.05) is 12.3 Å². The molecule has 0 fully saturated rings. The van der Waals surface area contributed by atoms with Crippen molar-refractivity contribution in [1.82, 2.24) is 19.6 Å². The average molecular weight is 152 g/mol. The summed E-state index contributed by atoms with van der Waals surface area (Å²) in [5.41, 5.74) is -0.761. The molecule has 2 aromatic rings. The van der Waals surface area contributed by atoms with Gasteiger partial charge < -0.3 is 0 Å². The number of H-pyrrole nitrogens is 2. The molecule has 6 nitrogen and oxygen atoms in total. The van der Waals surface area contributed by atoms with E-state index in [0.717, 1.165) is 0 Å². The molecule has 2 N–H and O–H groups in total. The van der Waals surface area contributed by atoms with Gasteiger partial charge in [0.2, 0.25) is 5.78 Å². The third-order valence-electron chi connectivity index (χ3n) is 1.26. The summed E-state index contributed by atoms with van der Waals surface area (Å²) in [5, 5.41) is 2.37. The summed E-state index contributed by atoms with van der Waals surface area (Å²) in [6.07, 6.45) is 1.43. The third kappa shape index (κ3) is 0.841. The summed E-state index contributed by atoms with van der Waals surface area (Å²) in [7, 11) is 0. The van der Waals surface area contributed by atoms with Crippen molar-refractivity contribution >= 4 is 5.78 Å². The van der Waals surface area contributed by atoms with Crippen LogP contribution < -0.4 is 11.2 Å². The van der Waals surface area contributed by atoms with E-state index in [4.69, 9.17) is 0 Å². The standard InChI is InChI=1S/C5H4N4O2/c10-3-1-2-9-4(6-3)7-5(11)8-9/h1-2H,(H2,6,7,8,10,11). The van der Waals surface area contributed by atoms with Crippen molar-refractivity contribution in [3.63, 3.8) is 0 Å². The fourth-order valence-electron chi connectivity index (χ4n) is 0.821. The van der Waals surface area contributed by atoms with Crippen molar-refractivity contribution in [3.05, 3.63) is 33.1 Å². The topological polar surface area (TPSA) is 83.0 Å². The highest BCUT2D eigenvalue weighted by Crippen LogP contribution is 1.80. The van der Waals surface area contributed by atoms with Crippen LogP contribution in [0.1, 0.15) is 0 Å². The number of hydrogen-bond acceptors (Lipinski definition) is 3. The minimum absolute atomic E-state index is 0.225. The van der Waals surface area contributed by atoms with Crippen molar-refractivity contribution < 1.29 is 0 Å². The Morgan fingerprint density at radius 3 is 3.09 bits per heavy atom. The first-order valence-corrected chi connectivity index (χ1v) is 2.93. The SMILES string of the molecule is O=c1ccn2[nH]c(=O)nc2[nH]1. The zero-order valence-corrected chi connectivity index (χ0v) is 5.37. The number of nitrogens with one attached hydrogen (secondary N) is 2. The molecule has 0 saturated heterocycles. The molecule has 0 aliphatic carbocycles. The summed E-state index contributed by atoms with van der Waals surface area (Å²) in [4.78, 5) is 27.1. The Morgan fingerprint density at radius 1 is 1.45 bits per heavy atom. The van der Waals surface area contributed by atoms with E-state index in [2.05, 4.69) is 15.1 Å². The lowest BCUT2D eigenvalue weighted by molar-refractivity contribution is 0.912. The van der Waals surface area contributed by atoms with Gasteiger partial charge in [0.15, 0.2) is 0 Å². The van der Waals surface area contributed by atoms with Crippen LogP contribution in [0.2, 0.25) is 0 Å². The monoisotopic (exact) mass is 152 g/mol. The number of rotatable bonds is 0. The Bertz CT molecular complexity index is 489. The molecular formula is C5H4N4O2. The Labute approximate surface area is 59.5 Å². The zero-order chi connectivity index (χ0) is 7.84. The molecule has 56 valence electrons. The van der Waals surface area contributed by atoms with Crippen LogP contribution in [0.5, 0.6) is 0 Å². The van der Waals surface area contributed by atoms with E-state index in [0.29, 0.717) is 0 Å². The van der Waals surface area contributed by atoms with Crippen molar-refractivity contribution in [3.8, 4) is 0 Å². The van der Waals surface area contributed by atoms with Crippen LogP contribution >= 0.6 is 0 Å². The van der Waals surface area contributed by atoms with Gasteiger partial charge in [-0.05, 0) is 0 Å². The molecule has 6 heteroatoms. The van der Waals surface area contributed by atoms with Gasteiger partial charge in [0.1, 0.15) is 0 Å². The number of aromatic amines is 2. The van der Waals surface area contributed by atoms with E-state index in [1.165, 1.54) is 16.8 Å². The molecule has 11 heavy (non-hydrogen) atoms. The minimum Gasteiger partial charge on any atom is -0.291 e. The van der Waals surface area contributed by atoms with Gasteiger partial charge in [-0.2, -0.15) is 4.98 Å². The summed E-state index contributed by atoms with van der Waals surface area (Å²) < 4.78 is 1.34. The summed E-state index contributed by atoms with van der Waals surface area (Å²) in [5.74, 6) is 0.225. The third-order valence-corrected chi connectivity index (χ3v) is 1.26. The van der Waals surface area contributed by atoms with Gasteiger partial charge in [-0.25, -0.2) is 14.4 Å². The Balaban J connectivity index is 3.03. The Morgan fingerprint density at radius 2 is 2.27 bits per heavy atom. The van der Waals surface area contributed by atoms with Crippen molar-refractivity contribution in [2.24, 2.45) is 0 Å². The summed E-state index contributed by atoms with van der Waals surface area (Å²) >= 11 is 0. The lowest BCUT2D eigenvalue weighted by Gasteiger charge is -1.86. The minimum atomic E-state index is -0.480. The van der Waals surface area contributed by atoms with Gasteiger partial charge in [-0.3, -0.25) is 9.78 Å². The molecule has 2 aromatic heterocycles. The van der Waals surface area contributed by atoms with Gasteiger partial charge in [0.25, 0.3) is 5.56 Å². The smallest absolute Gasteiger partial charge is 0.291 e. The molecule has 2 heterocycles. The Kier molecular flexibility index (Phi) is 0.974. The predicted molar refractivity (Wildman–Crippen MR) is 36.4 cm³/mol. The molecule has 0 unspecified atom stereocenters. The van der Waals surface area contributed by atoms with Crippen LogP contribution in [-0.2, 0) is 0 Å². The normalized spacial score (nSPS) is 10.5. The average Bonchev–Trinajstić information content (AvgIpc) is 2.27. The molecule has 0 amide bonds. The second kappa shape index (κ2) is 1.82. The number of nitrogens with zero attached hydrogens (tertiary/aromatic N) is 2. The molecule has 0 aliphatic rings. The molecule has 0 atom stereocenters. The molecule has 0 saturated carbocycles. The van der Waals surface area contributed by atoms with Gasteiger partial charge >= 0.3 is 5.69 Å². The largest absolute Gasteiger partial charge is 0.363 e. The van der Waals surface area contributed by atoms with Crippen LogP contribution in [0.15, 0.2) is 21.9 Å². The van der Waals surface area contributed by atoms with Crippen LogP contribution in [0.3, 0.4) is 0 Å². The molecular weight excluding hydrogens is 148 g/mol. The fourth-order valence-corrected chi connectivity index (χ4v) is 0.821. The predicted octanol–water partition coefficient (Wildman–Crippen LogP) is -1.29. The molecule has 0 aromatic carbocycles. The first kappa shape index (κ1) is 5.90. The van der Waals surface area contributed by atoms with Crippen molar-refractivity contribution in [1.29, 1.82) is 0 Å². The van der Waals surface area contributed by atoms with Gasteiger partial charge in [-0.15, -0.1) is 0 Å². The van der Waals surface area contributed by atoms with E-state index in [-0.39, 0.29) is 11.3 Å². The number of hydrogen-bond donors (Lipinski definition) is 2. The molecule has 0 radical (unpaired) electrons. The fraction of sp³-hybridized carbons (Fsp3) is 0. The highest BCUT2D eigenvalue weighted by atomic mass is 16.1. The second-order valence-electron chi connectivity index (χ2n) is 2.03. The first-order chi connectivity index (χ1) is 5.25.